The monoisotopic (exact) mass is 351 g/mol. The van der Waals surface area contributed by atoms with Crippen LogP contribution in [0.1, 0.15) is 47.1 Å². The Kier molecular flexibility index (Phi) is 4.48. The van der Waals surface area contributed by atoms with Gasteiger partial charge in [-0.2, -0.15) is 0 Å². The highest BCUT2D eigenvalue weighted by atomic mass is 79.9. The first-order chi connectivity index (χ1) is 9.78. The summed E-state index contributed by atoms with van der Waals surface area (Å²) < 4.78 is 1.01. The van der Waals surface area contributed by atoms with Crippen LogP contribution < -0.4 is 5.32 Å². The summed E-state index contributed by atoms with van der Waals surface area (Å²) in [5.74, 6) is 0. The molecule has 1 unspecified atom stereocenters. The van der Waals surface area contributed by atoms with Gasteiger partial charge in [0.2, 0.25) is 0 Å². The maximum atomic E-state index is 4.87. The van der Waals surface area contributed by atoms with Gasteiger partial charge in [0.05, 0.1) is 11.4 Å². The highest BCUT2D eigenvalue weighted by Crippen LogP contribution is 2.32. The van der Waals surface area contributed by atoms with Crippen LogP contribution in [0, 0.1) is 0 Å². The third kappa shape index (κ3) is 2.95. The molecule has 1 aliphatic rings. The lowest BCUT2D eigenvalue weighted by atomic mass is 10.0. The highest BCUT2D eigenvalue weighted by Gasteiger charge is 2.22. The summed E-state index contributed by atoms with van der Waals surface area (Å²) in [4.78, 5) is 10.9. The molecular formula is C15H18BrN3S. The number of aryl methyl sites for hydroxylation is 2. The fourth-order valence-electron chi connectivity index (χ4n) is 2.58. The largest absolute Gasteiger partial charge is 0.303 e. The number of nitrogens with zero attached hydrogens (tertiary/aromatic N) is 2. The Morgan fingerprint density at radius 1 is 1.35 bits per heavy atom. The molecule has 0 saturated carbocycles. The van der Waals surface area contributed by atoms with Gasteiger partial charge in [-0.3, -0.25) is 4.98 Å². The number of thiazole rings is 1. The van der Waals surface area contributed by atoms with Crippen molar-refractivity contribution in [1.29, 1.82) is 0 Å². The van der Waals surface area contributed by atoms with Gasteiger partial charge in [0.25, 0.3) is 0 Å². The Balaban J connectivity index is 1.93. The topological polar surface area (TPSA) is 37.8 Å². The van der Waals surface area contributed by atoms with Crippen LogP contribution >= 0.6 is 27.3 Å². The van der Waals surface area contributed by atoms with Gasteiger partial charge in [-0.15, -0.1) is 11.3 Å². The van der Waals surface area contributed by atoms with E-state index in [1.165, 1.54) is 29.8 Å². The number of aromatic nitrogens is 2. The van der Waals surface area contributed by atoms with E-state index in [1.54, 1.807) is 0 Å². The lowest BCUT2D eigenvalue weighted by Crippen LogP contribution is -2.22. The van der Waals surface area contributed by atoms with Gasteiger partial charge in [0.1, 0.15) is 11.0 Å². The summed E-state index contributed by atoms with van der Waals surface area (Å²) in [5, 5.41) is 4.67. The van der Waals surface area contributed by atoms with Gasteiger partial charge < -0.3 is 5.32 Å². The Morgan fingerprint density at radius 3 is 2.90 bits per heavy atom. The predicted octanol–water partition coefficient (Wildman–Crippen LogP) is 3.88. The van der Waals surface area contributed by atoms with Crippen LogP contribution in [-0.4, -0.2) is 16.5 Å². The molecule has 0 fully saturated rings. The molecule has 106 valence electrons. The van der Waals surface area contributed by atoms with Crippen molar-refractivity contribution >= 4 is 27.3 Å². The first-order valence-corrected chi connectivity index (χ1v) is 8.72. The molecule has 0 saturated heterocycles. The molecule has 0 bridgehead atoms. The van der Waals surface area contributed by atoms with Gasteiger partial charge >= 0.3 is 0 Å². The molecule has 1 aliphatic carbocycles. The van der Waals surface area contributed by atoms with Crippen molar-refractivity contribution in [2.45, 2.75) is 38.6 Å². The van der Waals surface area contributed by atoms with E-state index in [1.807, 2.05) is 23.6 Å². The summed E-state index contributed by atoms with van der Waals surface area (Å²) in [6.07, 6.45) is 6.76. The van der Waals surface area contributed by atoms with Gasteiger partial charge in [-0.1, -0.05) is 6.92 Å². The standard InChI is InChI=1S/C15H18BrN3S/c1-2-17-14(12-8-7-10(16)9-18-12)15-19-11-5-3-4-6-13(11)20-15/h7-9,14,17H,2-6H2,1H3. The van der Waals surface area contributed by atoms with Gasteiger partial charge in [0, 0.05) is 15.5 Å². The van der Waals surface area contributed by atoms with Gasteiger partial charge in [0.15, 0.2) is 0 Å². The third-order valence-corrected chi connectivity index (χ3v) is 5.25. The van der Waals surface area contributed by atoms with Crippen LogP contribution in [0.3, 0.4) is 0 Å². The van der Waals surface area contributed by atoms with E-state index in [4.69, 9.17) is 4.98 Å². The van der Waals surface area contributed by atoms with Crippen LogP contribution in [0.2, 0.25) is 0 Å². The molecule has 2 heterocycles. The molecule has 3 rings (SSSR count). The number of rotatable bonds is 4. The molecule has 0 amide bonds. The Morgan fingerprint density at radius 2 is 2.20 bits per heavy atom. The number of hydrogen-bond acceptors (Lipinski definition) is 4. The minimum atomic E-state index is 0.115. The summed E-state index contributed by atoms with van der Waals surface area (Å²) in [6.45, 7) is 3.03. The summed E-state index contributed by atoms with van der Waals surface area (Å²) in [5.41, 5.74) is 2.36. The number of nitrogens with one attached hydrogen (secondary N) is 1. The molecule has 0 radical (unpaired) electrons. The van der Waals surface area contributed by atoms with E-state index in [2.05, 4.69) is 39.2 Å². The number of halogens is 1. The minimum absolute atomic E-state index is 0.115. The molecule has 2 aromatic heterocycles. The molecule has 0 aromatic carbocycles. The van der Waals surface area contributed by atoms with Gasteiger partial charge in [-0.25, -0.2) is 4.98 Å². The minimum Gasteiger partial charge on any atom is -0.303 e. The van der Waals surface area contributed by atoms with E-state index < -0.39 is 0 Å². The third-order valence-electron chi connectivity index (χ3n) is 3.56. The second kappa shape index (κ2) is 6.33. The van der Waals surface area contributed by atoms with Crippen LogP contribution in [-0.2, 0) is 12.8 Å². The predicted molar refractivity (Wildman–Crippen MR) is 86.2 cm³/mol. The molecule has 2 aromatic rings. The van der Waals surface area contributed by atoms with Gasteiger partial charge in [-0.05, 0) is 60.3 Å². The van der Waals surface area contributed by atoms with Crippen molar-refractivity contribution in [1.82, 2.24) is 15.3 Å². The Hall–Kier alpha value is -0.780. The molecule has 1 N–H and O–H groups in total. The van der Waals surface area contributed by atoms with Crippen LogP contribution in [0.4, 0.5) is 0 Å². The first-order valence-electron chi connectivity index (χ1n) is 7.11. The van der Waals surface area contributed by atoms with E-state index in [9.17, 15) is 0 Å². The fourth-order valence-corrected chi connectivity index (χ4v) is 4.05. The summed E-state index contributed by atoms with van der Waals surface area (Å²) >= 11 is 5.30. The van der Waals surface area contributed by atoms with Crippen LogP contribution in [0.15, 0.2) is 22.8 Å². The van der Waals surface area contributed by atoms with Crippen molar-refractivity contribution in [2.75, 3.05) is 6.54 Å². The number of pyridine rings is 1. The van der Waals surface area contributed by atoms with E-state index in [0.717, 1.165) is 28.1 Å². The molecule has 5 heteroatoms. The summed E-state index contributed by atoms with van der Waals surface area (Å²) in [7, 11) is 0. The molecule has 3 nitrogen and oxygen atoms in total. The van der Waals surface area contributed by atoms with E-state index in [0.29, 0.717) is 0 Å². The van der Waals surface area contributed by atoms with Crippen molar-refractivity contribution in [3.63, 3.8) is 0 Å². The maximum Gasteiger partial charge on any atom is 0.116 e. The number of hydrogen-bond donors (Lipinski definition) is 1. The van der Waals surface area contributed by atoms with Crippen LogP contribution in [0.5, 0.6) is 0 Å². The lowest BCUT2D eigenvalue weighted by molar-refractivity contribution is 0.607. The first kappa shape index (κ1) is 14.2. The Bertz CT molecular complexity index is 556. The van der Waals surface area contributed by atoms with Crippen molar-refractivity contribution in [3.05, 3.63) is 44.1 Å². The summed E-state index contributed by atoms with van der Waals surface area (Å²) in [6, 6.07) is 4.22. The Labute approximate surface area is 132 Å². The van der Waals surface area contributed by atoms with Crippen LogP contribution in [0.25, 0.3) is 0 Å². The average Bonchev–Trinajstić information content (AvgIpc) is 2.89. The normalized spacial score (nSPS) is 15.9. The molecular weight excluding hydrogens is 334 g/mol. The van der Waals surface area contributed by atoms with Crippen molar-refractivity contribution in [2.24, 2.45) is 0 Å². The quantitative estimate of drug-likeness (QED) is 0.908. The SMILES string of the molecule is CCNC(c1ccc(Br)cn1)c1nc2c(s1)CCCC2. The molecule has 0 aliphatic heterocycles. The smallest absolute Gasteiger partial charge is 0.116 e. The second-order valence-electron chi connectivity index (χ2n) is 5.02. The fraction of sp³-hybridized carbons (Fsp3) is 0.467. The zero-order chi connectivity index (χ0) is 13.9. The molecule has 0 spiro atoms. The van der Waals surface area contributed by atoms with Crippen molar-refractivity contribution in [3.8, 4) is 0 Å². The van der Waals surface area contributed by atoms with E-state index in [-0.39, 0.29) is 6.04 Å². The molecule has 20 heavy (non-hydrogen) atoms. The second-order valence-corrected chi connectivity index (χ2v) is 7.05. The average molecular weight is 352 g/mol. The van der Waals surface area contributed by atoms with E-state index >= 15 is 0 Å². The highest BCUT2D eigenvalue weighted by molar-refractivity contribution is 9.10. The maximum absolute atomic E-state index is 4.87. The zero-order valence-corrected chi connectivity index (χ0v) is 13.9. The number of fused-ring (bicyclic) bond motifs is 1. The molecule has 1 atom stereocenters. The lowest BCUT2D eigenvalue weighted by Gasteiger charge is -2.14. The van der Waals surface area contributed by atoms with Crippen molar-refractivity contribution < 1.29 is 0 Å². The zero-order valence-electron chi connectivity index (χ0n) is 11.5.